The van der Waals surface area contributed by atoms with Gasteiger partial charge in [-0.2, -0.15) is 5.10 Å². The number of aliphatic hydroxyl groups excluding tert-OH is 1. The number of aromatic carboxylic acids is 1. The highest BCUT2D eigenvalue weighted by atomic mass is 19.1. The third-order valence-electron chi connectivity index (χ3n) is 6.39. The second-order valence-electron chi connectivity index (χ2n) is 8.96. The van der Waals surface area contributed by atoms with E-state index >= 15 is 0 Å². The molecule has 0 bridgehead atoms. The number of carboxylic acid groups (broad SMARTS) is 1. The van der Waals surface area contributed by atoms with Gasteiger partial charge in [0, 0.05) is 19.0 Å². The quantitative estimate of drug-likeness (QED) is 0.305. The summed E-state index contributed by atoms with van der Waals surface area (Å²) in [7, 11) is 0. The maximum atomic E-state index is 14.4. The molecule has 0 aliphatic heterocycles. The fourth-order valence-corrected chi connectivity index (χ4v) is 4.46. The van der Waals surface area contributed by atoms with E-state index < -0.39 is 35.7 Å². The number of hydrogen-bond acceptors (Lipinski definition) is 6. The van der Waals surface area contributed by atoms with E-state index in [0.29, 0.717) is 22.3 Å². The van der Waals surface area contributed by atoms with Crippen molar-refractivity contribution in [3.8, 4) is 0 Å². The van der Waals surface area contributed by atoms with Crippen LogP contribution in [0.4, 0.5) is 8.78 Å². The summed E-state index contributed by atoms with van der Waals surface area (Å²) in [4.78, 5) is 41.4. The molecule has 12 heteroatoms. The van der Waals surface area contributed by atoms with Gasteiger partial charge in [0.25, 0.3) is 11.8 Å². The standard InChI is InChI=1S/C26H21F2N5O5/c1-12-6-13(2-5-17(12)27)10-29-24(35)19-9-20(33-23(31-19)18(28)11-30-33)25(36)32-22-16-4-3-14(26(37)38)7-15(16)8-21(22)34/h2-7,9,11,21-22,34H,8,10H2,1H3,(H,29,35)(H,32,36)(H,37,38)/t21-,22+/m0/s1. The lowest BCUT2D eigenvalue weighted by atomic mass is 10.0. The number of carbonyl (C=O) groups is 3. The molecule has 194 valence electrons. The van der Waals surface area contributed by atoms with Crippen molar-refractivity contribution in [1.29, 1.82) is 0 Å². The van der Waals surface area contributed by atoms with Crippen LogP contribution in [0.25, 0.3) is 5.65 Å². The lowest BCUT2D eigenvalue weighted by Crippen LogP contribution is -2.35. The molecule has 2 aromatic carbocycles. The third kappa shape index (κ3) is 4.57. The van der Waals surface area contributed by atoms with Gasteiger partial charge in [-0.05, 0) is 47.4 Å². The average molecular weight is 521 g/mol. The number of fused-ring (bicyclic) bond motifs is 2. The molecule has 4 N–H and O–H groups in total. The number of nitrogens with zero attached hydrogens (tertiary/aromatic N) is 3. The Morgan fingerprint density at radius 3 is 2.61 bits per heavy atom. The summed E-state index contributed by atoms with van der Waals surface area (Å²) in [5.74, 6) is -3.80. The lowest BCUT2D eigenvalue weighted by Gasteiger charge is -2.18. The molecule has 0 radical (unpaired) electrons. The largest absolute Gasteiger partial charge is 0.478 e. The van der Waals surface area contributed by atoms with E-state index in [0.717, 1.165) is 16.8 Å². The number of benzene rings is 2. The van der Waals surface area contributed by atoms with Gasteiger partial charge in [0.15, 0.2) is 11.5 Å². The van der Waals surface area contributed by atoms with Gasteiger partial charge in [-0.1, -0.05) is 18.2 Å². The maximum absolute atomic E-state index is 14.4. The minimum absolute atomic E-state index is 0.0411. The second kappa shape index (κ2) is 9.63. The van der Waals surface area contributed by atoms with Crippen LogP contribution in [0.1, 0.15) is 59.6 Å². The molecule has 0 saturated heterocycles. The molecule has 10 nitrogen and oxygen atoms in total. The zero-order valence-electron chi connectivity index (χ0n) is 19.9. The molecule has 2 heterocycles. The van der Waals surface area contributed by atoms with Gasteiger partial charge in [0.05, 0.1) is 23.9 Å². The first-order valence-electron chi connectivity index (χ1n) is 11.5. The van der Waals surface area contributed by atoms with Gasteiger partial charge < -0.3 is 20.8 Å². The van der Waals surface area contributed by atoms with Gasteiger partial charge in [-0.25, -0.2) is 23.1 Å². The van der Waals surface area contributed by atoms with Crippen LogP contribution in [0.5, 0.6) is 0 Å². The van der Waals surface area contributed by atoms with Gasteiger partial charge >= 0.3 is 5.97 Å². The summed E-state index contributed by atoms with van der Waals surface area (Å²) >= 11 is 0. The Balaban J connectivity index is 1.41. The maximum Gasteiger partial charge on any atom is 0.335 e. The number of rotatable bonds is 6. The van der Waals surface area contributed by atoms with E-state index in [1.54, 1.807) is 13.0 Å². The van der Waals surface area contributed by atoms with Crippen molar-refractivity contribution in [1.82, 2.24) is 25.2 Å². The fraction of sp³-hybridized carbons (Fsp3) is 0.192. The summed E-state index contributed by atoms with van der Waals surface area (Å²) in [5.41, 5.74) is 1.40. The van der Waals surface area contributed by atoms with Crippen LogP contribution < -0.4 is 10.6 Å². The predicted octanol–water partition coefficient (Wildman–Crippen LogP) is 2.33. The summed E-state index contributed by atoms with van der Waals surface area (Å²) in [6.45, 7) is 1.63. The topological polar surface area (TPSA) is 146 Å². The zero-order chi connectivity index (χ0) is 27.1. The third-order valence-corrected chi connectivity index (χ3v) is 6.39. The number of carboxylic acids is 1. The van der Waals surface area contributed by atoms with Crippen molar-refractivity contribution in [2.75, 3.05) is 0 Å². The first-order valence-corrected chi connectivity index (χ1v) is 11.5. The van der Waals surface area contributed by atoms with Gasteiger partial charge in [-0.15, -0.1) is 0 Å². The molecule has 0 spiro atoms. The molecule has 2 atom stereocenters. The smallest absolute Gasteiger partial charge is 0.335 e. The first-order chi connectivity index (χ1) is 18.1. The van der Waals surface area contributed by atoms with Crippen molar-refractivity contribution >= 4 is 23.4 Å². The number of amides is 2. The van der Waals surface area contributed by atoms with Crippen molar-refractivity contribution < 1.29 is 33.4 Å². The molecule has 5 rings (SSSR count). The monoisotopic (exact) mass is 521 g/mol. The van der Waals surface area contributed by atoms with E-state index in [-0.39, 0.29) is 41.4 Å². The normalized spacial score (nSPS) is 16.3. The Morgan fingerprint density at radius 1 is 1.08 bits per heavy atom. The predicted molar refractivity (Wildman–Crippen MR) is 129 cm³/mol. The molecule has 0 fully saturated rings. The highest BCUT2D eigenvalue weighted by Crippen LogP contribution is 2.32. The summed E-state index contributed by atoms with van der Waals surface area (Å²) in [5, 5.41) is 28.9. The average Bonchev–Trinajstić information content (AvgIpc) is 3.42. The van der Waals surface area contributed by atoms with Crippen molar-refractivity contribution in [3.63, 3.8) is 0 Å². The van der Waals surface area contributed by atoms with Crippen LogP contribution in [0.2, 0.25) is 0 Å². The summed E-state index contributed by atoms with van der Waals surface area (Å²) in [6, 6.07) is 8.97. The second-order valence-corrected chi connectivity index (χ2v) is 8.96. The molecule has 2 amide bonds. The number of halogens is 2. The van der Waals surface area contributed by atoms with Crippen molar-refractivity contribution in [3.05, 3.63) is 99.5 Å². The molecule has 1 aliphatic rings. The molecule has 0 saturated carbocycles. The SMILES string of the molecule is Cc1cc(CNC(=O)c2cc(C(=O)N[C@@H]3c4ccc(C(=O)O)cc4C[C@@H]3O)n3ncc(F)c3n2)ccc1F. The number of carbonyl (C=O) groups excluding carboxylic acids is 2. The molecule has 4 aromatic rings. The molecular weight excluding hydrogens is 500 g/mol. The van der Waals surface area contributed by atoms with Gasteiger partial charge in [0.1, 0.15) is 17.2 Å². The Hall–Kier alpha value is -4.71. The van der Waals surface area contributed by atoms with Crippen LogP contribution in [0.15, 0.2) is 48.7 Å². The number of aromatic nitrogens is 3. The van der Waals surface area contributed by atoms with E-state index in [1.807, 2.05) is 0 Å². The summed E-state index contributed by atoms with van der Waals surface area (Å²) < 4.78 is 28.9. The van der Waals surface area contributed by atoms with Crippen LogP contribution in [0, 0.1) is 18.6 Å². The Bertz CT molecular complexity index is 1620. The van der Waals surface area contributed by atoms with E-state index in [4.69, 9.17) is 0 Å². The number of aryl methyl sites for hydroxylation is 1. The molecule has 1 aliphatic carbocycles. The van der Waals surface area contributed by atoms with Crippen molar-refractivity contribution in [2.45, 2.75) is 32.0 Å². The van der Waals surface area contributed by atoms with Crippen LogP contribution in [-0.4, -0.2) is 48.7 Å². The molecular formula is C26H21F2N5O5. The first kappa shape index (κ1) is 25.0. The van der Waals surface area contributed by atoms with Gasteiger partial charge in [-0.3, -0.25) is 9.59 Å². The van der Waals surface area contributed by atoms with Gasteiger partial charge in [0.2, 0.25) is 0 Å². The van der Waals surface area contributed by atoms with Crippen LogP contribution in [0.3, 0.4) is 0 Å². The Morgan fingerprint density at radius 2 is 1.87 bits per heavy atom. The lowest BCUT2D eigenvalue weighted by molar-refractivity contribution is 0.0696. The summed E-state index contributed by atoms with van der Waals surface area (Å²) in [6.07, 6.45) is -0.0541. The molecule has 0 unspecified atom stereocenters. The van der Waals surface area contributed by atoms with E-state index in [9.17, 15) is 33.4 Å². The minimum atomic E-state index is -1.12. The van der Waals surface area contributed by atoms with Crippen LogP contribution in [-0.2, 0) is 13.0 Å². The van der Waals surface area contributed by atoms with Crippen molar-refractivity contribution in [2.24, 2.45) is 0 Å². The highest BCUT2D eigenvalue weighted by Gasteiger charge is 2.34. The molecule has 38 heavy (non-hydrogen) atoms. The Labute approximate surface area is 213 Å². The molecule has 2 aromatic heterocycles. The number of hydrogen-bond donors (Lipinski definition) is 4. The number of aliphatic hydroxyl groups is 1. The number of nitrogens with one attached hydrogen (secondary N) is 2. The van der Waals surface area contributed by atoms with E-state index in [2.05, 4.69) is 20.7 Å². The minimum Gasteiger partial charge on any atom is -0.478 e. The highest BCUT2D eigenvalue weighted by molar-refractivity contribution is 5.98. The Kier molecular flexibility index (Phi) is 6.33. The fourth-order valence-electron chi connectivity index (χ4n) is 4.46. The van der Waals surface area contributed by atoms with Crippen LogP contribution >= 0.6 is 0 Å². The zero-order valence-corrected chi connectivity index (χ0v) is 19.9. The van der Waals surface area contributed by atoms with E-state index in [1.165, 1.54) is 30.3 Å².